The van der Waals surface area contributed by atoms with Crippen LogP contribution in [0.1, 0.15) is 5.56 Å². The number of benzene rings is 2. The molecule has 0 fully saturated rings. The molecule has 0 radical (unpaired) electrons. The van der Waals surface area contributed by atoms with Gasteiger partial charge in [-0.2, -0.15) is 0 Å². The summed E-state index contributed by atoms with van der Waals surface area (Å²) in [6, 6.07) is 9.79. The smallest absolute Gasteiger partial charge is 0.292 e. The van der Waals surface area contributed by atoms with Crippen molar-refractivity contribution in [2.45, 2.75) is 6.61 Å². The fraction of sp³-hybridized carbons (Fsp3) is 0.0769. The highest BCUT2D eigenvalue weighted by molar-refractivity contribution is 9.10. The van der Waals surface area contributed by atoms with Gasteiger partial charge in [0.2, 0.25) is 0 Å². The summed E-state index contributed by atoms with van der Waals surface area (Å²) in [7, 11) is 0. The minimum Gasteiger partial charge on any atom is -0.487 e. The maximum absolute atomic E-state index is 10.8. The van der Waals surface area contributed by atoms with E-state index in [9.17, 15) is 10.1 Å². The number of halogens is 2. The summed E-state index contributed by atoms with van der Waals surface area (Å²) < 4.78 is 6.38. The third kappa shape index (κ3) is 3.20. The molecule has 0 heterocycles. The van der Waals surface area contributed by atoms with Crippen molar-refractivity contribution in [1.82, 2.24) is 0 Å². The van der Waals surface area contributed by atoms with Crippen LogP contribution in [-0.2, 0) is 6.61 Å². The second-order valence-electron chi connectivity index (χ2n) is 3.97. The van der Waals surface area contributed by atoms with Crippen molar-refractivity contribution < 1.29 is 9.66 Å². The monoisotopic (exact) mass is 356 g/mol. The molecule has 2 rings (SSSR count). The lowest BCUT2D eigenvalue weighted by Crippen LogP contribution is -2.03. The quantitative estimate of drug-likeness (QED) is 0.506. The maximum Gasteiger partial charge on any atom is 0.292 e. The van der Waals surface area contributed by atoms with Crippen molar-refractivity contribution in [2.24, 2.45) is 0 Å². The summed E-state index contributed by atoms with van der Waals surface area (Å²) in [6.07, 6.45) is 0. The molecule has 0 saturated carbocycles. The summed E-state index contributed by atoms with van der Waals surface area (Å²) in [4.78, 5) is 10.3. The predicted molar refractivity (Wildman–Crippen MR) is 81.0 cm³/mol. The first-order valence-corrected chi connectivity index (χ1v) is 6.75. The zero-order valence-corrected chi connectivity index (χ0v) is 12.5. The molecule has 0 aliphatic rings. The fourth-order valence-electron chi connectivity index (χ4n) is 1.63. The normalized spacial score (nSPS) is 10.3. The van der Waals surface area contributed by atoms with Gasteiger partial charge in [-0.25, -0.2) is 0 Å². The Labute approximate surface area is 128 Å². The summed E-state index contributed by atoms with van der Waals surface area (Å²) in [5.41, 5.74) is 6.26. The number of nitro benzene ring substituents is 1. The summed E-state index contributed by atoms with van der Waals surface area (Å²) >= 11 is 9.32. The molecular formula is C13H10BrClN2O3. The first-order chi connectivity index (χ1) is 9.49. The number of anilines is 1. The Morgan fingerprint density at radius 1 is 1.35 bits per heavy atom. The number of ether oxygens (including phenoxy) is 1. The maximum atomic E-state index is 10.8. The Hall–Kier alpha value is -1.79. The Balaban J connectivity index is 2.19. The molecule has 2 aromatic carbocycles. The van der Waals surface area contributed by atoms with Gasteiger partial charge in [-0.05, 0) is 18.2 Å². The predicted octanol–water partition coefficient (Wildman–Crippen LogP) is 4.17. The zero-order chi connectivity index (χ0) is 14.7. The molecule has 104 valence electrons. The van der Waals surface area contributed by atoms with Crippen molar-refractivity contribution in [3.8, 4) is 5.75 Å². The third-order valence-electron chi connectivity index (χ3n) is 2.65. The van der Waals surface area contributed by atoms with Crippen LogP contribution >= 0.6 is 27.5 Å². The van der Waals surface area contributed by atoms with Crippen molar-refractivity contribution in [2.75, 3.05) is 5.73 Å². The van der Waals surface area contributed by atoms with Crippen LogP contribution in [-0.4, -0.2) is 4.92 Å². The largest absolute Gasteiger partial charge is 0.487 e. The molecule has 0 bridgehead atoms. The molecule has 0 amide bonds. The van der Waals surface area contributed by atoms with E-state index < -0.39 is 4.92 Å². The number of nitrogen functional groups attached to an aromatic ring is 1. The number of nitrogens with two attached hydrogens (primary N) is 1. The molecule has 0 aliphatic carbocycles. The minimum atomic E-state index is -0.522. The molecule has 0 saturated heterocycles. The van der Waals surface area contributed by atoms with E-state index in [4.69, 9.17) is 22.1 Å². The van der Waals surface area contributed by atoms with Crippen LogP contribution in [0, 0.1) is 10.1 Å². The molecular weight excluding hydrogens is 348 g/mol. The fourth-order valence-corrected chi connectivity index (χ4v) is 2.36. The first-order valence-electron chi connectivity index (χ1n) is 5.58. The number of hydrogen-bond acceptors (Lipinski definition) is 4. The van der Waals surface area contributed by atoms with Gasteiger partial charge in [0.25, 0.3) is 5.69 Å². The summed E-state index contributed by atoms with van der Waals surface area (Å²) in [5.74, 6) is 0.487. The van der Waals surface area contributed by atoms with E-state index >= 15 is 0 Å². The average molecular weight is 358 g/mol. The van der Waals surface area contributed by atoms with Gasteiger partial charge < -0.3 is 10.5 Å². The zero-order valence-electron chi connectivity index (χ0n) is 10.2. The lowest BCUT2D eigenvalue weighted by molar-refractivity contribution is -0.384. The highest BCUT2D eigenvalue weighted by atomic mass is 79.9. The van der Waals surface area contributed by atoms with Gasteiger partial charge in [0, 0.05) is 16.1 Å². The van der Waals surface area contributed by atoms with Crippen molar-refractivity contribution >= 4 is 38.9 Å². The average Bonchev–Trinajstić information content (AvgIpc) is 2.39. The van der Waals surface area contributed by atoms with Gasteiger partial charge in [0.05, 0.1) is 9.95 Å². The highest BCUT2D eigenvalue weighted by Crippen LogP contribution is 2.30. The van der Waals surface area contributed by atoms with Gasteiger partial charge >= 0.3 is 0 Å². The van der Waals surface area contributed by atoms with Crippen molar-refractivity contribution in [3.63, 3.8) is 0 Å². The van der Waals surface area contributed by atoms with Crippen LogP contribution < -0.4 is 10.5 Å². The topological polar surface area (TPSA) is 78.4 Å². The van der Waals surface area contributed by atoms with E-state index in [1.165, 1.54) is 6.07 Å². The Bertz CT molecular complexity index is 664. The van der Waals surface area contributed by atoms with Crippen LogP contribution in [0.3, 0.4) is 0 Å². The number of para-hydroxylation sites is 1. The van der Waals surface area contributed by atoms with Gasteiger partial charge in [0.1, 0.15) is 18.0 Å². The molecule has 7 heteroatoms. The standard InChI is InChI=1S/C13H10BrClN2O3/c14-9-4-5-12(10(15)6-9)20-7-8-2-1-3-11(13(8)16)17(18)19/h1-6H,7,16H2. The van der Waals surface area contributed by atoms with Crippen LogP contribution in [0.2, 0.25) is 5.02 Å². The number of nitrogens with zero attached hydrogens (tertiary/aromatic N) is 1. The van der Waals surface area contributed by atoms with E-state index in [2.05, 4.69) is 15.9 Å². The second-order valence-corrected chi connectivity index (χ2v) is 5.29. The molecule has 20 heavy (non-hydrogen) atoms. The molecule has 0 aromatic heterocycles. The van der Waals surface area contributed by atoms with Gasteiger partial charge in [-0.1, -0.05) is 39.7 Å². The van der Waals surface area contributed by atoms with Gasteiger partial charge in [-0.3, -0.25) is 10.1 Å². The van der Waals surface area contributed by atoms with E-state index in [-0.39, 0.29) is 18.0 Å². The molecule has 5 nitrogen and oxygen atoms in total. The number of hydrogen-bond donors (Lipinski definition) is 1. The molecule has 0 aliphatic heterocycles. The van der Waals surface area contributed by atoms with Crippen molar-refractivity contribution in [1.29, 1.82) is 0 Å². The molecule has 0 unspecified atom stereocenters. The molecule has 0 atom stereocenters. The van der Waals surface area contributed by atoms with E-state index in [0.717, 1.165) is 4.47 Å². The van der Waals surface area contributed by atoms with Crippen LogP contribution in [0.25, 0.3) is 0 Å². The second kappa shape index (κ2) is 6.11. The molecule has 0 spiro atoms. The lowest BCUT2D eigenvalue weighted by atomic mass is 10.1. The molecule has 2 N–H and O–H groups in total. The van der Waals surface area contributed by atoms with E-state index in [0.29, 0.717) is 16.3 Å². The first kappa shape index (κ1) is 14.6. The number of rotatable bonds is 4. The Kier molecular flexibility index (Phi) is 4.46. The SMILES string of the molecule is Nc1c(COc2ccc(Br)cc2Cl)cccc1[N+](=O)[O-]. The third-order valence-corrected chi connectivity index (χ3v) is 3.44. The highest BCUT2D eigenvalue weighted by Gasteiger charge is 2.14. The van der Waals surface area contributed by atoms with Gasteiger partial charge in [-0.15, -0.1) is 0 Å². The number of nitro groups is 1. The minimum absolute atomic E-state index is 0.103. The summed E-state index contributed by atoms with van der Waals surface area (Å²) in [6.45, 7) is 0.106. The van der Waals surface area contributed by atoms with Gasteiger partial charge in [0.15, 0.2) is 0 Å². The Morgan fingerprint density at radius 3 is 2.75 bits per heavy atom. The lowest BCUT2D eigenvalue weighted by Gasteiger charge is -2.10. The van der Waals surface area contributed by atoms with Crippen LogP contribution in [0.4, 0.5) is 11.4 Å². The van der Waals surface area contributed by atoms with E-state index in [1.54, 1.807) is 30.3 Å². The van der Waals surface area contributed by atoms with Crippen molar-refractivity contribution in [3.05, 3.63) is 61.6 Å². The molecule has 2 aromatic rings. The van der Waals surface area contributed by atoms with E-state index in [1.807, 2.05) is 0 Å². The Morgan fingerprint density at radius 2 is 2.10 bits per heavy atom. The van der Waals surface area contributed by atoms with Crippen LogP contribution in [0.15, 0.2) is 40.9 Å². The van der Waals surface area contributed by atoms with Crippen LogP contribution in [0.5, 0.6) is 5.75 Å². The summed E-state index contributed by atoms with van der Waals surface area (Å²) in [5, 5.41) is 11.2.